The Morgan fingerprint density at radius 2 is 2.31 bits per heavy atom. The number of carbonyl (C=O) groups excluding carboxylic acids is 1. The van der Waals surface area contributed by atoms with Crippen LogP contribution in [-0.4, -0.2) is 38.3 Å². The summed E-state index contributed by atoms with van der Waals surface area (Å²) in [5.74, 6) is 0.805. The highest BCUT2D eigenvalue weighted by Crippen LogP contribution is 2.25. The van der Waals surface area contributed by atoms with Gasteiger partial charge in [0.05, 0.1) is 19.3 Å². The number of ether oxygens (including phenoxy) is 1. The maximum absolute atomic E-state index is 11.9. The Hall–Kier alpha value is -0.610. The molecule has 1 amide bonds. The highest BCUT2D eigenvalue weighted by atomic mass is 16.5. The molecule has 0 aromatic carbocycles. The normalized spacial score (nSPS) is 32.9. The number of rotatable bonds is 3. The first-order valence-corrected chi connectivity index (χ1v) is 6.18. The van der Waals surface area contributed by atoms with Gasteiger partial charge in [-0.05, 0) is 25.3 Å². The van der Waals surface area contributed by atoms with Crippen molar-refractivity contribution in [2.24, 2.45) is 11.3 Å². The molecule has 0 aromatic rings. The van der Waals surface area contributed by atoms with Crippen molar-refractivity contribution in [1.82, 2.24) is 10.6 Å². The van der Waals surface area contributed by atoms with E-state index in [1.807, 2.05) is 0 Å². The minimum atomic E-state index is 0.00773. The van der Waals surface area contributed by atoms with Crippen LogP contribution in [0.15, 0.2) is 0 Å². The Kier molecular flexibility index (Phi) is 3.50. The molecule has 16 heavy (non-hydrogen) atoms. The van der Waals surface area contributed by atoms with Crippen molar-refractivity contribution < 1.29 is 9.53 Å². The van der Waals surface area contributed by atoms with Gasteiger partial charge in [-0.2, -0.15) is 0 Å². The summed E-state index contributed by atoms with van der Waals surface area (Å²) < 4.78 is 5.17. The summed E-state index contributed by atoms with van der Waals surface area (Å²) in [6.45, 7) is 7.58. The van der Waals surface area contributed by atoms with Crippen LogP contribution in [0, 0.1) is 11.3 Å². The third-order valence-corrected chi connectivity index (χ3v) is 3.57. The van der Waals surface area contributed by atoms with Crippen LogP contribution in [0.5, 0.6) is 0 Å². The number of hydrogen-bond donors (Lipinski definition) is 2. The maximum Gasteiger partial charge on any atom is 0.237 e. The van der Waals surface area contributed by atoms with Gasteiger partial charge in [-0.1, -0.05) is 13.8 Å². The Balaban J connectivity index is 1.74. The summed E-state index contributed by atoms with van der Waals surface area (Å²) in [5.41, 5.74) is 0.163. The Morgan fingerprint density at radius 3 is 2.88 bits per heavy atom. The van der Waals surface area contributed by atoms with E-state index in [2.05, 4.69) is 24.5 Å². The molecule has 0 radical (unpaired) electrons. The molecule has 2 fully saturated rings. The van der Waals surface area contributed by atoms with Crippen molar-refractivity contribution in [2.75, 3.05) is 26.3 Å². The lowest BCUT2D eigenvalue weighted by atomic mass is 9.88. The van der Waals surface area contributed by atoms with Crippen LogP contribution in [0.25, 0.3) is 0 Å². The number of nitrogens with one attached hydrogen (secondary N) is 2. The molecule has 2 aliphatic heterocycles. The zero-order valence-electron chi connectivity index (χ0n) is 10.2. The number of piperidine rings is 1. The van der Waals surface area contributed by atoms with Gasteiger partial charge in [0.25, 0.3) is 0 Å². The average Bonchev–Trinajstić information content (AvgIpc) is 2.23. The van der Waals surface area contributed by atoms with Crippen molar-refractivity contribution in [1.29, 1.82) is 0 Å². The molecule has 4 heteroatoms. The Bertz CT molecular complexity index is 264. The second-order valence-corrected chi connectivity index (χ2v) is 5.66. The molecule has 0 saturated carbocycles. The molecule has 2 atom stereocenters. The lowest BCUT2D eigenvalue weighted by molar-refractivity contribution is -0.129. The second-order valence-electron chi connectivity index (χ2n) is 5.66. The topological polar surface area (TPSA) is 50.4 Å². The summed E-state index contributed by atoms with van der Waals surface area (Å²) in [5, 5.41) is 6.31. The maximum atomic E-state index is 11.9. The Morgan fingerprint density at radius 1 is 1.56 bits per heavy atom. The summed E-state index contributed by atoms with van der Waals surface area (Å²) in [4.78, 5) is 11.9. The highest BCUT2D eigenvalue weighted by Gasteiger charge is 2.34. The van der Waals surface area contributed by atoms with Gasteiger partial charge in [0, 0.05) is 12.0 Å². The van der Waals surface area contributed by atoms with E-state index in [0.29, 0.717) is 5.92 Å². The molecule has 2 N–H and O–H groups in total. The van der Waals surface area contributed by atoms with E-state index in [9.17, 15) is 4.79 Å². The van der Waals surface area contributed by atoms with E-state index in [1.165, 1.54) is 6.42 Å². The van der Waals surface area contributed by atoms with Crippen LogP contribution in [-0.2, 0) is 9.53 Å². The van der Waals surface area contributed by atoms with E-state index in [4.69, 9.17) is 4.74 Å². The molecule has 2 unspecified atom stereocenters. The molecule has 2 aliphatic rings. The molecule has 0 bridgehead atoms. The first kappa shape index (κ1) is 11.9. The second kappa shape index (κ2) is 4.72. The summed E-state index contributed by atoms with van der Waals surface area (Å²) in [6.07, 6.45) is 2.13. The van der Waals surface area contributed by atoms with Crippen LogP contribution >= 0.6 is 0 Å². The highest BCUT2D eigenvalue weighted by molar-refractivity contribution is 5.81. The molecular weight excluding hydrogens is 204 g/mol. The van der Waals surface area contributed by atoms with E-state index in [0.717, 1.165) is 32.7 Å². The van der Waals surface area contributed by atoms with E-state index in [-0.39, 0.29) is 17.4 Å². The van der Waals surface area contributed by atoms with Gasteiger partial charge in [-0.15, -0.1) is 0 Å². The standard InChI is InChI=1S/C12H22N2O2/c1-9-3-4-13-10(5-9)11(15)14-6-12(2)7-16-8-12/h9-10,13H,3-8H2,1-2H3,(H,14,15). The third kappa shape index (κ3) is 2.74. The molecule has 4 nitrogen and oxygen atoms in total. The molecule has 92 valence electrons. The fourth-order valence-corrected chi connectivity index (χ4v) is 2.28. The Labute approximate surface area is 97.1 Å². The van der Waals surface area contributed by atoms with Gasteiger partial charge in [-0.25, -0.2) is 0 Å². The monoisotopic (exact) mass is 226 g/mol. The minimum Gasteiger partial charge on any atom is -0.380 e. The van der Waals surface area contributed by atoms with Crippen LogP contribution in [0.1, 0.15) is 26.7 Å². The number of amides is 1. The first-order valence-electron chi connectivity index (χ1n) is 6.18. The van der Waals surface area contributed by atoms with Gasteiger partial charge in [0.1, 0.15) is 0 Å². The predicted molar refractivity (Wildman–Crippen MR) is 62.1 cm³/mol. The van der Waals surface area contributed by atoms with Gasteiger partial charge < -0.3 is 15.4 Å². The molecule has 0 aliphatic carbocycles. The first-order chi connectivity index (χ1) is 7.59. The molecule has 0 spiro atoms. The van der Waals surface area contributed by atoms with E-state index in [1.54, 1.807) is 0 Å². The van der Waals surface area contributed by atoms with E-state index < -0.39 is 0 Å². The molecular formula is C12H22N2O2. The largest absolute Gasteiger partial charge is 0.380 e. The lowest BCUT2D eigenvalue weighted by Crippen LogP contribution is -2.53. The van der Waals surface area contributed by atoms with Gasteiger partial charge in [-0.3, -0.25) is 4.79 Å². The molecule has 2 saturated heterocycles. The van der Waals surface area contributed by atoms with Crippen LogP contribution in [0.4, 0.5) is 0 Å². The predicted octanol–water partition coefficient (Wildman–Crippen LogP) is 0.527. The molecule has 2 heterocycles. The zero-order valence-corrected chi connectivity index (χ0v) is 10.2. The fourth-order valence-electron chi connectivity index (χ4n) is 2.28. The SMILES string of the molecule is CC1CCNC(C(=O)NCC2(C)COC2)C1. The van der Waals surface area contributed by atoms with Crippen molar-refractivity contribution in [3.8, 4) is 0 Å². The van der Waals surface area contributed by atoms with Crippen LogP contribution in [0.2, 0.25) is 0 Å². The van der Waals surface area contributed by atoms with Gasteiger partial charge in [0.2, 0.25) is 5.91 Å². The molecule has 2 rings (SSSR count). The number of carbonyl (C=O) groups is 1. The third-order valence-electron chi connectivity index (χ3n) is 3.57. The van der Waals surface area contributed by atoms with Gasteiger partial charge in [0.15, 0.2) is 0 Å². The number of hydrogen-bond acceptors (Lipinski definition) is 3. The van der Waals surface area contributed by atoms with Crippen LogP contribution in [0.3, 0.4) is 0 Å². The van der Waals surface area contributed by atoms with Crippen molar-refractivity contribution in [2.45, 2.75) is 32.7 Å². The van der Waals surface area contributed by atoms with Crippen molar-refractivity contribution >= 4 is 5.91 Å². The fraction of sp³-hybridized carbons (Fsp3) is 0.917. The van der Waals surface area contributed by atoms with Crippen LogP contribution < -0.4 is 10.6 Å². The quantitative estimate of drug-likeness (QED) is 0.738. The minimum absolute atomic E-state index is 0.00773. The summed E-state index contributed by atoms with van der Waals surface area (Å²) in [7, 11) is 0. The average molecular weight is 226 g/mol. The summed E-state index contributed by atoms with van der Waals surface area (Å²) >= 11 is 0. The van der Waals surface area contributed by atoms with Gasteiger partial charge >= 0.3 is 0 Å². The smallest absolute Gasteiger partial charge is 0.237 e. The van der Waals surface area contributed by atoms with E-state index >= 15 is 0 Å². The van der Waals surface area contributed by atoms with Crippen molar-refractivity contribution in [3.63, 3.8) is 0 Å². The zero-order chi connectivity index (χ0) is 11.6. The summed E-state index contributed by atoms with van der Waals surface area (Å²) in [6, 6.07) is 0.00773. The molecule has 0 aromatic heterocycles. The van der Waals surface area contributed by atoms with Crippen molar-refractivity contribution in [3.05, 3.63) is 0 Å². The lowest BCUT2D eigenvalue weighted by Gasteiger charge is -2.38.